The summed E-state index contributed by atoms with van der Waals surface area (Å²) in [4.78, 5) is 22.8. The second-order valence-electron chi connectivity index (χ2n) is 5.85. The maximum Gasteiger partial charge on any atom is 0.343 e. The van der Waals surface area contributed by atoms with Crippen molar-refractivity contribution in [3.63, 3.8) is 0 Å². The third-order valence-corrected chi connectivity index (χ3v) is 2.67. The van der Waals surface area contributed by atoms with Crippen molar-refractivity contribution >= 4 is 11.9 Å². The third-order valence-electron chi connectivity index (χ3n) is 2.67. The number of benzene rings is 1. The Hall–Kier alpha value is -2.08. The minimum absolute atomic E-state index is 0.146. The molecule has 1 aromatic rings. The second kappa shape index (κ2) is 7.79. The predicted octanol–water partition coefficient (Wildman–Crippen LogP) is 1.45. The number of hydrogen-bond donors (Lipinski definition) is 1. The monoisotopic (exact) mass is 309 g/mol. The summed E-state index contributed by atoms with van der Waals surface area (Å²) in [6.45, 7) is 5.24. The van der Waals surface area contributed by atoms with Crippen LogP contribution in [0.15, 0.2) is 24.3 Å². The van der Waals surface area contributed by atoms with Crippen molar-refractivity contribution in [3.05, 3.63) is 29.8 Å². The van der Waals surface area contributed by atoms with Crippen LogP contribution in [0.1, 0.15) is 26.3 Å². The predicted molar refractivity (Wildman–Crippen MR) is 81.5 cm³/mol. The molecule has 22 heavy (non-hydrogen) atoms. The average molecular weight is 309 g/mol. The Bertz CT molecular complexity index is 504. The Kier molecular flexibility index (Phi) is 6.37. The molecule has 0 heterocycles. The largest absolute Gasteiger partial charge is 0.482 e. The van der Waals surface area contributed by atoms with E-state index in [9.17, 15) is 9.59 Å². The molecule has 0 aliphatic carbocycles. The summed E-state index contributed by atoms with van der Waals surface area (Å²) < 4.78 is 14.9. The molecule has 0 amide bonds. The van der Waals surface area contributed by atoms with Gasteiger partial charge in [0.2, 0.25) is 0 Å². The summed E-state index contributed by atoms with van der Waals surface area (Å²) in [5, 5.41) is 0. The Labute approximate surface area is 130 Å². The number of ether oxygens (including phenoxy) is 3. The molecule has 6 nitrogen and oxygen atoms in total. The van der Waals surface area contributed by atoms with E-state index in [-0.39, 0.29) is 6.61 Å². The molecule has 0 aliphatic heterocycles. The van der Waals surface area contributed by atoms with Crippen LogP contribution in [0.3, 0.4) is 0 Å². The van der Waals surface area contributed by atoms with Crippen molar-refractivity contribution < 1.29 is 23.8 Å². The van der Waals surface area contributed by atoms with Crippen LogP contribution in [0, 0.1) is 0 Å². The molecule has 6 heteroatoms. The highest BCUT2D eigenvalue weighted by molar-refractivity contribution is 5.76. The Morgan fingerprint density at radius 2 is 1.77 bits per heavy atom. The van der Waals surface area contributed by atoms with E-state index in [1.54, 1.807) is 45.0 Å². The Morgan fingerprint density at radius 1 is 1.18 bits per heavy atom. The van der Waals surface area contributed by atoms with Crippen LogP contribution in [-0.2, 0) is 25.5 Å². The summed E-state index contributed by atoms with van der Waals surface area (Å²) in [5.74, 6) is -0.338. The number of nitrogens with two attached hydrogens (primary N) is 1. The fourth-order valence-electron chi connectivity index (χ4n) is 1.64. The highest BCUT2D eigenvalue weighted by Crippen LogP contribution is 2.14. The topological polar surface area (TPSA) is 87.9 Å². The van der Waals surface area contributed by atoms with Crippen LogP contribution in [0.2, 0.25) is 0 Å². The van der Waals surface area contributed by atoms with E-state index in [0.29, 0.717) is 12.2 Å². The van der Waals surface area contributed by atoms with E-state index in [1.807, 2.05) is 0 Å². The zero-order valence-electron chi connectivity index (χ0n) is 13.4. The molecule has 0 saturated heterocycles. The first-order valence-electron chi connectivity index (χ1n) is 6.98. The van der Waals surface area contributed by atoms with Crippen molar-refractivity contribution in [2.45, 2.75) is 38.8 Å². The summed E-state index contributed by atoms with van der Waals surface area (Å²) in [7, 11) is 1.30. The van der Waals surface area contributed by atoms with E-state index < -0.39 is 23.6 Å². The van der Waals surface area contributed by atoms with Gasteiger partial charge in [0.15, 0.2) is 6.61 Å². The second-order valence-corrected chi connectivity index (χ2v) is 5.85. The van der Waals surface area contributed by atoms with Gasteiger partial charge in [0, 0.05) is 0 Å². The van der Waals surface area contributed by atoms with Crippen LogP contribution < -0.4 is 10.5 Å². The zero-order valence-corrected chi connectivity index (χ0v) is 13.4. The maximum absolute atomic E-state index is 11.8. The lowest BCUT2D eigenvalue weighted by molar-refractivity contribution is -0.156. The minimum Gasteiger partial charge on any atom is -0.482 e. The number of hydrogen-bond acceptors (Lipinski definition) is 6. The molecule has 0 spiro atoms. The SMILES string of the molecule is COC(=O)COc1ccc(CC(N)C(=O)OC(C)(C)C)cc1. The summed E-state index contributed by atoms with van der Waals surface area (Å²) in [5.41, 5.74) is 6.17. The molecule has 122 valence electrons. The molecule has 0 radical (unpaired) electrons. The smallest absolute Gasteiger partial charge is 0.343 e. The van der Waals surface area contributed by atoms with Gasteiger partial charge in [-0.1, -0.05) is 12.1 Å². The van der Waals surface area contributed by atoms with Crippen molar-refractivity contribution in [2.24, 2.45) is 5.73 Å². The fourth-order valence-corrected chi connectivity index (χ4v) is 1.64. The number of carbonyl (C=O) groups excluding carboxylic acids is 2. The first-order chi connectivity index (χ1) is 10.2. The minimum atomic E-state index is -0.721. The normalized spacial score (nSPS) is 12.4. The first-order valence-corrected chi connectivity index (χ1v) is 6.98. The van der Waals surface area contributed by atoms with Gasteiger partial charge < -0.3 is 19.9 Å². The quantitative estimate of drug-likeness (QED) is 0.800. The molecule has 2 N–H and O–H groups in total. The zero-order chi connectivity index (χ0) is 16.8. The molecule has 0 fully saturated rings. The van der Waals surface area contributed by atoms with Crippen molar-refractivity contribution in [2.75, 3.05) is 13.7 Å². The lowest BCUT2D eigenvalue weighted by Gasteiger charge is -2.22. The summed E-state index contributed by atoms with van der Waals surface area (Å²) in [6, 6.07) is 6.27. The van der Waals surface area contributed by atoms with Gasteiger partial charge in [-0.2, -0.15) is 0 Å². The van der Waals surface area contributed by atoms with Gasteiger partial charge in [0.05, 0.1) is 7.11 Å². The van der Waals surface area contributed by atoms with E-state index in [1.165, 1.54) is 7.11 Å². The number of carbonyl (C=O) groups is 2. The molecule has 1 unspecified atom stereocenters. The van der Waals surface area contributed by atoms with Crippen LogP contribution >= 0.6 is 0 Å². The lowest BCUT2D eigenvalue weighted by atomic mass is 10.1. The van der Waals surface area contributed by atoms with Gasteiger partial charge in [0.1, 0.15) is 17.4 Å². The van der Waals surface area contributed by atoms with Crippen molar-refractivity contribution in [3.8, 4) is 5.75 Å². The third kappa shape index (κ3) is 6.58. The molecule has 1 atom stereocenters. The van der Waals surface area contributed by atoms with E-state index in [0.717, 1.165) is 5.56 Å². The maximum atomic E-state index is 11.8. The average Bonchev–Trinajstić information content (AvgIpc) is 2.44. The molecular formula is C16H23NO5. The van der Waals surface area contributed by atoms with Crippen molar-refractivity contribution in [1.29, 1.82) is 0 Å². The van der Waals surface area contributed by atoms with E-state index >= 15 is 0 Å². The standard InChI is InChI=1S/C16H23NO5/c1-16(2,3)22-15(19)13(17)9-11-5-7-12(8-6-11)21-10-14(18)20-4/h5-8,13H,9-10,17H2,1-4H3. The highest BCUT2D eigenvalue weighted by atomic mass is 16.6. The molecule has 0 saturated carbocycles. The molecule has 0 aromatic heterocycles. The molecule has 1 rings (SSSR count). The molecule has 1 aromatic carbocycles. The molecule has 0 bridgehead atoms. The highest BCUT2D eigenvalue weighted by Gasteiger charge is 2.22. The summed E-state index contributed by atoms with van der Waals surface area (Å²) in [6.07, 6.45) is 0.367. The molecular weight excluding hydrogens is 286 g/mol. The van der Waals surface area contributed by atoms with Gasteiger partial charge in [-0.05, 0) is 44.9 Å². The van der Waals surface area contributed by atoms with Crippen molar-refractivity contribution in [1.82, 2.24) is 0 Å². The Balaban J connectivity index is 2.53. The van der Waals surface area contributed by atoms with Crippen LogP contribution in [0.4, 0.5) is 0 Å². The first kappa shape index (κ1) is 18.0. The van der Waals surface area contributed by atoms with Gasteiger partial charge >= 0.3 is 11.9 Å². The van der Waals surface area contributed by atoms with Gasteiger partial charge in [-0.3, -0.25) is 4.79 Å². The molecule has 0 aliphatic rings. The van der Waals surface area contributed by atoms with Crippen LogP contribution in [-0.4, -0.2) is 37.3 Å². The van der Waals surface area contributed by atoms with Crippen LogP contribution in [0.25, 0.3) is 0 Å². The van der Waals surface area contributed by atoms with Gasteiger partial charge in [0.25, 0.3) is 0 Å². The fraction of sp³-hybridized carbons (Fsp3) is 0.500. The number of rotatable bonds is 6. The van der Waals surface area contributed by atoms with Gasteiger partial charge in [-0.15, -0.1) is 0 Å². The summed E-state index contributed by atoms with van der Waals surface area (Å²) >= 11 is 0. The van der Waals surface area contributed by atoms with E-state index in [4.69, 9.17) is 15.2 Å². The number of esters is 2. The van der Waals surface area contributed by atoms with Crippen LogP contribution in [0.5, 0.6) is 5.75 Å². The van der Waals surface area contributed by atoms with Gasteiger partial charge in [-0.25, -0.2) is 4.79 Å². The number of methoxy groups -OCH3 is 1. The Morgan fingerprint density at radius 3 is 2.27 bits per heavy atom. The van der Waals surface area contributed by atoms with E-state index in [2.05, 4.69) is 4.74 Å². The lowest BCUT2D eigenvalue weighted by Crippen LogP contribution is -2.38.